The smallest absolute Gasteiger partial charge is 0.161 e. The van der Waals surface area contributed by atoms with Crippen LogP contribution in [0.3, 0.4) is 0 Å². The third-order valence-electron chi connectivity index (χ3n) is 4.32. The van der Waals surface area contributed by atoms with Crippen molar-refractivity contribution >= 4 is 11.3 Å². The molecule has 1 atom stereocenters. The molecule has 0 radical (unpaired) electrons. The highest BCUT2D eigenvalue weighted by atomic mass is 32.1. The second kappa shape index (κ2) is 8.45. The number of halogens is 2. The second-order valence-corrected chi connectivity index (χ2v) is 6.97. The standard InChI is InChI=1S/C20H20F2N2O2S/c1-12(16-6-5-14(21)9-17(16)22)23-10-15-11-27-20(24-15)13-4-7-18(25-2)19(8-13)26-3/h4-9,11-12,23H,10H2,1-3H3/p+1/t12-/m1/s1. The summed E-state index contributed by atoms with van der Waals surface area (Å²) in [7, 11) is 3.19. The molecule has 142 valence electrons. The van der Waals surface area contributed by atoms with Crippen molar-refractivity contribution in [2.24, 2.45) is 0 Å². The van der Waals surface area contributed by atoms with Crippen LogP contribution in [-0.2, 0) is 6.54 Å². The molecule has 0 unspecified atom stereocenters. The Labute approximate surface area is 160 Å². The SMILES string of the molecule is COc1ccc(-c2nc(C[NH2+][C@H](C)c3ccc(F)cc3F)cs2)cc1OC. The first-order chi connectivity index (χ1) is 13.0. The molecule has 3 aromatic rings. The fourth-order valence-electron chi connectivity index (χ4n) is 2.80. The van der Waals surface area contributed by atoms with E-state index in [0.717, 1.165) is 22.3 Å². The number of benzene rings is 2. The van der Waals surface area contributed by atoms with Gasteiger partial charge in [0.2, 0.25) is 0 Å². The Morgan fingerprint density at radius 3 is 2.56 bits per heavy atom. The number of quaternary nitrogens is 1. The third-order valence-corrected chi connectivity index (χ3v) is 5.26. The lowest BCUT2D eigenvalue weighted by molar-refractivity contribution is -0.708. The maximum absolute atomic E-state index is 13.9. The van der Waals surface area contributed by atoms with Crippen LogP contribution < -0.4 is 14.8 Å². The highest BCUT2D eigenvalue weighted by Gasteiger charge is 2.16. The quantitative estimate of drug-likeness (QED) is 0.664. The summed E-state index contributed by atoms with van der Waals surface area (Å²) in [5, 5.41) is 4.83. The number of thiazole rings is 1. The first-order valence-electron chi connectivity index (χ1n) is 8.47. The Hall–Kier alpha value is -2.51. The van der Waals surface area contributed by atoms with Crippen LogP contribution in [0.5, 0.6) is 11.5 Å². The molecule has 1 aromatic heterocycles. The van der Waals surface area contributed by atoms with Gasteiger partial charge in [0.1, 0.15) is 34.9 Å². The lowest BCUT2D eigenvalue weighted by Gasteiger charge is -2.11. The van der Waals surface area contributed by atoms with Crippen LogP contribution in [0.4, 0.5) is 8.78 Å². The molecule has 2 N–H and O–H groups in total. The summed E-state index contributed by atoms with van der Waals surface area (Å²) in [6, 6.07) is 9.21. The molecule has 1 heterocycles. The largest absolute Gasteiger partial charge is 0.493 e. The highest BCUT2D eigenvalue weighted by Crippen LogP contribution is 2.33. The molecule has 0 aliphatic rings. The Bertz CT molecular complexity index is 930. The van der Waals surface area contributed by atoms with Crippen molar-refractivity contribution in [3.05, 3.63) is 64.7 Å². The lowest BCUT2D eigenvalue weighted by Crippen LogP contribution is -2.83. The molecular weight excluding hydrogens is 370 g/mol. The van der Waals surface area contributed by atoms with Crippen LogP contribution in [0.1, 0.15) is 24.2 Å². The van der Waals surface area contributed by atoms with E-state index in [2.05, 4.69) is 4.98 Å². The number of rotatable bonds is 7. The van der Waals surface area contributed by atoms with Crippen molar-refractivity contribution in [2.75, 3.05) is 14.2 Å². The van der Waals surface area contributed by atoms with Crippen LogP contribution in [-0.4, -0.2) is 19.2 Å². The molecule has 27 heavy (non-hydrogen) atoms. The number of hydrogen-bond acceptors (Lipinski definition) is 4. The van der Waals surface area contributed by atoms with E-state index in [4.69, 9.17) is 9.47 Å². The average Bonchev–Trinajstić information content (AvgIpc) is 3.14. The monoisotopic (exact) mass is 391 g/mol. The van der Waals surface area contributed by atoms with Gasteiger partial charge in [0.25, 0.3) is 0 Å². The van der Waals surface area contributed by atoms with Crippen LogP contribution in [0.2, 0.25) is 0 Å². The van der Waals surface area contributed by atoms with Crippen molar-refractivity contribution in [3.8, 4) is 22.1 Å². The first kappa shape index (κ1) is 19.3. The van der Waals surface area contributed by atoms with E-state index in [1.54, 1.807) is 14.2 Å². The van der Waals surface area contributed by atoms with E-state index in [1.165, 1.54) is 23.5 Å². The van der Waals surface area contributed by atoms with Gasteiger partial charge in [0.15, 0.2) is 11.5 Å². The van der Waals surface area contributed by atoms with Gasteiger partial charge in [0.05, 0.1) is 14.2 Å². The van der Waals surface area contributed by atoms with Gasteiger partial charge < -0.3 is 14.8 Å². The summed E-state index contributed by atoms with van der Waals surface area (Å²) in [5.41, 5.74) is 2.33. The second-order valence-electron chi connectivity index (χ2n) is 6.11. The van der Waals surface area contributed by atoms with Gasteiger partial charge >= 0.3 is 0 Å². The molecule has 0 aliphatic carbocycles. The molecule has 2 aromatic carbocycles. The van der Waals surface area contributed by atoms with Crippen LogP contribution in [0.25, 0.3) is 10.6 Å². The summed E-state index contributed by atoms with van der Waals surface area (Å²) >= 11 is 1.54. The zero-order valence-electron chi connectivity index (χ0n) is 15.3. The molecule has 0 aliphatic heterocycles. The van der Waals surface area contributed by atoms with E-state index >= 15 is 0 Å². The van der Waals surface area contributed by atoms with Crippen LogP contribution in [0.15, 0.2) is 41.8 Å². The van der Waals surface area contributed by atoms with Gasteiger partial charge in [-0.3, -0.25) is 0 Å². The van der Waals surface area contributed by atoms with E-state index < -0.39 is 11.6 Å². The summed E-state index contributed by atoms with van der Waals surface area (Å²) in [6.07, 6.45) is 0. The number of ether oxygens (including phenoxy) is 2. The minimum atomic E-state index is -0.567. The predicted octanol–water partition coefficient (Wildman–Crippen LogP) is 3.93. The Balaban J connectivity index is 1.69. The zero-order valence-corrected chi connectivity index (χ0v) is 16.1. The number of nitrogens with two attached hydrogens (primary N) is 1. The molecule has 0 amide bonds. The number of methoxy groups -OCH3 is 2. The van der Waals surface area contributed by atoms with Crippen molar-refractivity contribution in [1.82, 2.24) is 4.98 Å². The van der Waals surface area contributed by atoms with E-state index in [9.17, 15) is 8.78 Å². The first-order valence-corrected chi connectivity index (χ1v) is 9.35. The van der Waals surface area contributed by atoms with Gasteiger partial charge in [-0.1, -0.05) is 0 Å². The fraction of sp³-hybridized carbons (Fsp3) is 0.250. The number of hydrogen-bond donors (Lipinski definition) is 1. The minimum absolute atomic E-state index is 0.142. The molecule has 0 saturated heterocycles. The van der Waals surface area contributed by atoms with Crippen LogP contribution in [0, 0.1) is 11.6 Å². The summed E-state index contributed by atoms with van der Waals surface area (Å²) in [5.74, 6) is 0.228. The molecule has 7 heteroatoms. The number of aromatic nitrogens is 1. The van der Waals surface area contributed by atoms with E-state index in [-0.39, 0.29) is 6.04 Å². The highest BCUT2D eigenvalue weighted by molar-refractivity contribution is 7.13. The molecule has 0 saturated carbocycles. The molecule has 0 spiro atoms. The molecule has 0 fully saturated rings. The van der Waals surface area contributed by atoms with Crippen molar-refractivity contribution < 1.29 is 23.6 Å². The summed E-state index contributed by atoms with van der Waals surface area (Å²) < 4.78 is 37.5. The van der Waals surface area contributed by atoms with Crippen LogP contribution >= 0.6 is 11.3 Å². The van der Waals surface area contributed by atoms with Crippen molar-refractivity contribution in [2.45, 2.75) is 19.5 Å². The van der Waals surface area contributed by atoms with Gasteiger partial charge in [0, 0.05) is 22.6 Å². The van der Waals surface area contributed by atoms with Gasteiger partial charge in [-0.2, -0.15) is 0 Å². The van der Waals surface area contributed by atoms with Crippen molar-refractivity contribution in [1.29, 1.82) is 0 Å². The minimum Gasteiger partial charge on any atom is -0.493 e. The average molecular weight is 391 g/mol. The lowest BCUT2D eigenvalue weighted by atomic mass is 10.1. The van der Waals surface area contributed by atoms with Gasteiger partial charge in [-0.25, -0.2) is 13.8 Å². The maximum atomic E-state index is 13.9. The molecular formula is C20H21F2N2O2S+. The number of nitrogens with zero attached hydrogens (tertiary/aromatic N) is 1. The third kappa shape index (κ3) is 4.43. The van der Waals surface area contributed by atoms with Crippen molar-refractivity contribution in [3.63, 3.8) is 0 Å². The Morgan fingerprint density at radius 1 is 1.07 bits per heavy atom. The normalized spacial score (nSPS) is 12.0. The Morgan fingerprint density at radius 2 is 1.85 bits per heavy atom. The zero-order chi connectivity index (χ0) is 19.4. The maximum Gasteiger partial charge on any atom is 0.161 e. The van der Waals surface area contributed by atoms with E-state index in [0.29, 0.717) is 23.6 Å². The molecule has 3 rings (SSSR count). The van der Waals surface area contributed by atoms with Gasteiger partial charge in [-0.15, -0.1) is 11.3 Å². The van der Waals surface area contributed by atoms with E-state index in [1.807, 2.05) is 35.8 Å². The topological polar surface area (TPSA) is 48.0 Å². The van der Waals surface area contributed by atoms with Gasteiger partial charge in [-0.05, 0) is 37.3 Å². The molecule has 0 bridgehead atoms. The summed E-state index contributed by atoms with van der Waals surface area (Å²) in [6.45, 7) is 2.49. The summed E-state index contributed by atoms with van der Waals surface area (Å²) in [4.78, 5) is 4.65. The Kier molecular flexibility index (Phi) is 6.03. The predicted molar refractivity (Wildman–Crippen MR) is 101 cm³/mol. The fourth-order valence-corrected chi connectivity index (χ4v) is 3.63. The molecule has 4 nitrogen and oxygen atoms in total.